The van der Waals surface area contributed by atoms with Crippen molar-refractivity contribution >= 4 is 21.6 Å². The van der Waals surface area contributed by atoms with Crippen molar-refractivity contribution in [2.24, 2.45) is 5.73 Å². The molecule has 1 aliphatic heterocycles. The first-order chi connectivity index (χ1) is 2.21. The van der Waals surface area contributed by atoms with Gasteiger partial charge in [0.2, 0.25) is 4.39 Å². The SMILES string of the molecule is NC1(O)SS1. The highest BCUT2D eigenvalue weighted by molar-refractivity contribution is 8.93. The van der Waals surface area contributed by atoms with Gasteiger partial charge in [-0.15, -0.1) is 0 Å². The largest absolute Gasteiger partial charge is 0.357 e. The van der Waals surface area contributed by atoms with Crippen LogP contribution in [0.25, 0.3) is 0 Å². The third kappa shape index (κ3) is 1.00. The molecule has 0 bridgehead atoms. The summed E-state index contributed by atoms with van der Waals surface area (Å²) in [5, 5.41) is 8.34. The van der Waals surface area contributed by atoms with Gasteiger partial charge < -0.3 is 5.11 Å². The summed E-state index contributed by atoms with van der Waals surface area (Å²) in [7, 11) is 2.55. The molecule has 0 unspecified atom stereocenters. The Bertz CT molecular complexity index is 47.6. The van der Waals surface area contributed by atoms with Crippen LogP contribution in [0.2, 0.25) is 0 Å². The number of aliphatic hydroxyl groups is 1. The van der Waals surface area contributed by atoms with Gasteiger partial charge in [0, 0.05) is 0 Å². The quantitative estimate of drug-likeness (QED) is 0.260. The van der Waals surface area contributed by atoms with E-state index in [4.69, 9.17) is 10.8 Å². The van der Waals surface area contributed by atoms with Crippen molar-refractivity contribution in [3.8, 4) is 0 Å². The van der Waals surface area contributed by atoms with E-state index >= 15 is 0 Å². The van der Waals surface area contributed by atoms with Gasteiger partial charge >= 0.3 is 0 Å². The maximum absolute atomic E-state index is 8.34. The van der Waals surface area contributed by atoms with Crippen molar-refractivity contribution in [3.05, 3.63) is 0 Å². The van der Waals surface area contributed by atoms with Crippen LogP contribution in [0.5, 0.6) is 0 Å². The number of hydrogen-bond acceptors (Lipinski definition) is 4. The molecule has 1 heterocycles. The summed E-state index contributed by atoms with van der Waals surface area (Å²) >= 11 is 0. The minimum Gasteiger partial charge on any atom is -0.357 e. The van der Waals surface area contributed by atoms with Crippen LogP contribution in [0.3, 0.4) is 0 Å². The fourth-order valence-electron chi connectivity index (χ4n) is 0.0427. The molecule has 0 aliphatic carbocycles. The van der Waals surface area contributed by atoms with E-state index in [0.29, 0.717) is 0 Å². The van der Waals surface area contributed by atoms with Gasteiger partial charge in [-0.1, -0.05) is 0 Å². The first-order valence-electron chi connectivity index (χ1n) is 1.09. The Morgan fingerprint density at radius 2 is 1.80 bits per heavy atom. The molecular formula is CH3NOS2. The summed E-state index contributed by atoms with van der Waals surface area (Å²) < 4.78 is -0.917. The minimum atomic E-state index is -0.917. The first-order valence-corrected chi connectivity index (χ1v) is 3.24. The molecule has 0 saturated carbocycles. The van der Waals surface area contributed by atoms with Gasteiger partial charge in [0.25, 0.3) is 0 Å². The summed E-state index contributed by atoms with van der Waals surface area (Å²) in [5.41, 5.74) is 4.95. The summed E-state index contributed by atoms with van der Waals surface area (Å²) in [6.07, 6.45) is 0. The van der Waals surface area contributed by atoms with Gasteiger partial charge in [-0.2, -0.15) is 0 Å². The molecule has 0 spiro atoms. The lowest BCUT2D eigenvalue weighted by Crippen LogP contribution is -2.15. The van der Waals surface area contributed by atoms with Crippen LogP contribution >= 0.6 is 21.6 Å². The summed E-state index contributed by atoms with van der Waals surface area (Å²) in [6, 6.07) is 0. The molecule has 0 aromatic heterocycles. The normalized spacial score (nSPS) is 30.0. The molecule has 1 rings (SSSR count). The summed E-state index contributed by atoms with van der Waals surface area (Å²) in [4.78, 5) is 0. The molecule has 1 fully saturated rings. The lowest BCUT2D eigenvalue weighted by Gasteiger charge is -1.82. The topological polar surface area (TPSA) is 46.2 Å². The van der Waals surface area contributed by atoms with Crippen molar-refractivity contribution < 1.29 is 5.11 Å². The van der Waals surface area contributed by atoms with Crippen LogP contribution in [-0.4, -0.2) is 9.50 Å². The first kappa shape index (κ1) is 3.80. The van der Waals surface area contributed by atoms with E-state index in [0.717, 1.165) is 0 Å². The molecule has 1 aliphatic rings. The Hall–Kier alpha value is 0.620. The van der Waals surface area contributed by atoms with Crippen molar-refractivity contribution in [2.45, 2.75) is 4.39 Å². The van der Waals surface area contributed by atoms with Crippen molar-refractivity contribution in [2.75, 3.05) is 0 Å². The van der Waals surface area contributed by atoms with Gasteiger partial charge in [-0.05, 0) is 21.6 Å². The second kappa shape index (κ2) is 0.815. The Morgan fingerprint density at radius 3 is 1.80 bits per heavy atom. The predicted molar refractivity (Wildman–Crippen MR) is 24.3 cm³/mol. The maximum atomic E-state index is 8.34. The van der Waals surface area contributed by atoms with Crippen LogP contribution in [0.4, 0.5) is 0 Å². The highest BCUT2D eigenvalue weighted by Gasteiger charge is 2.39. The molecule has 0 aromatic rings. The van der Waals surface area contributed by atoms with Crippen LogP contribution in [0.1, 0.15) is 0 Å². The van der Waals surface area contributed by atoms with Gasteiger partial charge in [0.15, 0.2) is 0 Å². The van der Waals surface area contributed by atoms with E-state index in [2.05, 4.69) is 0 Å². The third-order valence-corrected chi connectivity index (χ3v) is 2.29. The monoisotopic (exact) mass is 109 g/mol. The molecule has 30 valence electrons. The highest BCUT2D eigenvalue weighted by atomic mass is 33.2. The fraction of sp³-hybridized carbons (Fsp3) is 1.00. The van der Waals surface area contributed by atoms with E-state index < -0.39 is 4.39 Å². The van der Waals surface area contributed by atoms with Crippen LogP contribution in [-0.2, 0) is 0 Å². The molecular weight excluding hydrogens is 106 g/mol. The molecule has 2 nitrogen and oxygen atoms in total. The maximum Gasteiger partial charge on any atom is 0.232 e. The number of rotatable bonds is 0. The predicted octanol–water partition coefficient (Wildman–Crippen LogP) is -0.0563. The standard InChI is InChI=1S/CH3NOS2/c2-1(3)4-5-1/h3H,2H2. The second-order valence-corrected chi connectivity index (χ2v) is 3.63. The smallest absolute Gasteiger partial charge is 0.232 e. The average Bonchev–Trinajstić information content (AvgIpc) is 1.76. The van der Waals surface area contributed by atoms with Crippen molar-refractivity contribution in [3.63, 3.8) is 0 Å². The Kier molecular flexibility index (Phi) is 0.619. The average molecular weight is 109 g/mol. The number of nitrogens with two attached hydrogens (primary N) is 1. The molecule has 5 heavy (non-hydrogen) atoms. The van der Waals surface area contributed by atoms with Crippen molar-refractivity contribution in [1.82, 2.24) is 0 Å². The van der Waals surface area contributed by atoms with E-state index in [1.807, 2.05) is 0 Å². The van der Waals surface area contributed by atoms with Crippen molar-refractivity contribution in [1.29, 1.82) is 0 Å². The zero-order chi connectivity index (χ0) is 3.91. The zero-order valence-electron chi connectivity index (χ0n) is 2.34. The van der Waals surface area contributed by atoms with Crippen LogP contribution in [0.15, 0.2) is 0 Å². The Labute approximate surface area is 37.5 Å². The van der Waals surface area contributed by atoms with Gasteiger partial charge in [0.05, 0.1) is 0 Å². The Morgan fingerprint density at radius 1 is 1.60 bits per heavy atom. The molecule has 1 saturated heterocycles. The van der Waals surface area contributed by atoms with Gasteiger partial charge in [-0.3, -0.25) is 5.73 Å². The zero-order valence-corrected chi connectivity index (χ0v) is 3.97. The summed E-state index contributed by atoms with van der Waals surface area (Å²) in [6.45, 7) is 0. The van der Waals surface area contributed by atoms with E-state index in [1.165, 1.54) is 21.6 Å². The number of hydrogen-bond donors (Lipinski definition) is 2. The van der Waals surface area contributed by atoms with E-state index in [1.54, 1.807) is 0 Å². The van der Waals surface area contributed by atoms with Crippen LogP contribution in [0, 0.1) is 0 Å². The highest BCUT2D eigenvalue weighted by Crippen LogP contribution is 2.58. The molecule has 0 radical (unpaired) electrons. The molecule has 0 amide bonds. The molecule has 3 N–H and O–H groups in total. The molecule has 0 aromatic carbocycles. The molecule has 0 atom stereocenters. The van der Waals surface area contributed by atoms with E-state index in [9.17, 15) is 0 Å². The lowest BCUT2D eigenvalue weighted by molar-refractivity contribution is 0.251. The van der Waals surface area contributed by atoms with Gasteiger partial charge in [0.1, 0.15) is 0 Å². The molecule has 4 heteroatoms. The minimum absolute atomic E-state index is 0.917. The third-order valence-electron chi connectivity index (χ3n) is 0.254. The summed E-state index contributed by atoms with van der Waals surface area (Å²) in [5.74, 6) is 0. The van der Waals surface area contributed by atoms with Crippen LogP contribution < -0.4 is 5.73 Å². The van der Waals surface area contributed by atoms with E-state index in [-0.39, 0.29) is 0 Å². The lowest BCUT2D eigenvalue weighted by atomic mass is 11.3. The Balaban J connectivity index is 2.38. The fourth-order valence-corrected chi connectivity index (χ4v) is 0.384. The van der Waals surface area contributed by atoms with Gasteiger partial charge in [-0.25, -0.2) is 0 Å². The second-order valence-electron chi connectivity index (χ2n) is 0.797.